The minimum Gasteiger partial charge on any atom is -0.298 e. The lowest BCUT2D eigenvalue weighted by Gasteiger charge is -2.27. The Balaban J connectivity index is 2.32. The van der Waals surface area contributed by atoms with Crippen molar-refractivity contribution in [2.45, 2.75) is 39.0 Å². The van der Waals surface area contributed by atoms with Crippen LogP contribution in [0, 0.1) is 28.5 Å². The zero-order valence-electron chi connectivity index (χ0n) is 11.3. The minimum absolute atomic E-state index is 0.0859. The molecule has 0 radical (unpaired) electrons. The van der Waals surface area contributed by atoms with Crippen LogP contribution >= 0.6 is 0 Å². The van der Waals surface area contributed by atoms with E-state index >= 15 is 0 Å². The zero-order valence-corrected chi connectivity index (χ0v) is 11.3. The van der Waals surface area contributed by atoms with Crippen LogP contribution in [-0.2, 0) is 4.79 Å². The highest BCUT2D eigenvalue weighted by molar-refractivity contribution is 5.91. The number of hydrogen-bond donors (Lipinski definition) is 0. The summed E-state index contributed by atoms with van der Waals surface area (Å²) in [5, 5.41) is 9.27. The van der Waals surface area contributed by atoms with Crippen molar-refractivity contribution in [3.8, 4) is 6.07 Å². The fraction of sp³-hybridized carbons (Fsp3) is 0.500. The molecule has 1 aromatic rings. The molecule has 2 atom stereocenters. The van der Waals surface area contributed by atoms with E-state index in [1.54, 1.807) is 12.1 Å². The summed E-state index contributed by atoms with van der Waals surface area (Å²) in [6, 6.07) is 8.04. The van der Waals surface area contributed by atoms with Gasteiger partial charge in [0.2, 0.25) is 0 Å². The van der Waals surface area contributed by atoms with Gasteiger partial charge in [-0.25, -0.2) is 4.39 Å². The van der Waals surface area contributed by atoms with Gasteiger partial charge in [0.15, 0.2) is 5.78 Å². The fourth-order valence-electron chi connectivity index (χ4n) is 3.05. The van der Waals surface area contributed by atoms with Crippen LogP contribution in [0.25, 0.3) is 0 Å². The second-order valence-electron chi connectivity index (χ2n) is 5.92. The molecule has 0 saturated heterocycles. The number of rotatable bonds is 3. The van der Waals surface area contributed by atoms with Crippen LogP contribution in [0.2, 0.25) is 0 Å². The van der Waals surface area contributed by atoms with E-state index in [0.717, 1.165) is 19.3 Å². The standard InChI is InChI=1S/C16H18FNO/c1-16(2)9-5-7-13(16)15(19)12(10-18)11-6-3-4-8-14(11)17/h3-4,6,8,12-13H,5,7,9H2,1-2H3. The number of nitriles is 1. The molecule has 19 heavy (non-hydrogen) atoms. The summed E-state index contributed by atoms with van der Waals surface area (Å²) >= 11 is 0. The summed E-state index contributed by atoms with van der Waals surface area (Å²) < 4.78 is 13.8. The van der Waals surface area contributed by atoms with Gasteiger partial charge >= 0.3 is 0 Å². The molecule has 2 unspecified atom stereocenters. The maximum Gasteiger partial charge on any atom is 0.158 e. The predicted molar refractivity (Wildman–Crippen MR) is 70.9 cm³/mol. The molecule has 0 aliphatic heterocycles. The van der Waals surface area contributed by atoms with Gasteiger partial charge < -0.3 is 0 Å². The predicted octanol–water partition coefficient (Wildman–Crippen LogP) is 3.83. The van der Waals surface area contributed by atoms with Gasteiger partial charge in [0, 0.05) is 11.5 Å². The first-order chi connectivity index (χ1) is 8.97. The highest BCUT2D eigenvalue weighted by Crippen LogP contribution is 2.45. The summed E-state index contributed by atoms with van der Waals surface area (Å²) in [4.78, 5) is 12.6. The molecular formula is C16H18FNO. The van der Waals surface area contributed by atoms with E-state index in [0.29, 0.717) is 0 Å². The third-order valence-electron chi connectivity index (χ3n) is 4.23. The van der Waals surface area contributed by atoms with Crippen molar-refractivity contribution in [2.24, 2.45) is 11.3 Å². The van der Waals surface area contributed by atoms with Crippen molar-refractivity contribution in [3.63, 3.8) is 0 Å². The Morgan fingerprint density at radius 1 is 1.47 bits per heavy atom. The molecule has 0 spiro atoms. The molecule has 2 nitrogen and oxygen atoms in total. The summed E-state index contributed by atoms with van der Waals surface area (Å²) in [6.07, 6.45) is 2.79. The lowest BCUT2D eigenvalue weighted by Crippen LogP contribution is -2.30. The SMILES string of the molecule is CC1(C)CCCC1C(=O)C(C#N)c1ccccc1F. The van der Waals surface area contributed by atoms with Gasteiger partial charge in [0.1, 0.15) is 11.7 Å². The lowest BCUT2D eigenvalue weighted by atomic mass is 9.75. The molecule has 100 valence electrons. The largest absolute Gasteiger partial charge is 0.298 e. The van der Waals surface area contributed by atoms with E-state index in [9.17, 15) is 14.4 Å². The van der Waals surface area contributed by atoms with Gasteiger partial charge in [-0.3, -0.25) is 4.79 Å². The van der Waals surface area contributed by atoms with Gasteiger partial charge in [-0.1, -0.05) is 38.5 Å². The van der Waals surface area contributed by atoms with E-state index in [4.69, 9.17) is 0 Å². The van der Waals surface area contributed by atoms with Crippen molar-refractivity contribution in [1.82, 2.24) is 0 Å². The Morgan fingerprint density at radius 3 is 2.68 bits per heavy atom. The van der Waals surface area contributed by atoms with Gasteiger partial charge in [-0.05, 0) is 24.3 Å². The van der Waals surface area contributed by atoms with Crippen LogP contribution in [0.1, 0.15) is 44.6 Å². The number of Topliss-reactive ketones (excluding diaryl/α,β-unsaturated/α-hetero) is 1. The molecule has 1 aromatic carbocycles. The van der Waals surface area contributed by atoms with E-state index < -0.39 is 11.7 Å². The number of carbonyl (C=O) groups excluding carboxylic acids is 1. The quantitative estimate of drug-likeness (QED) is 0.827. The van der Waals surface area contributed by atoms with Gasteiger partial charge in [0.05, 0.1) is 6.07 Å². The molecule has 1 aliphatic carbocycles. The first-order valence-corrected chi connectivity index (χ1v) is 6.65. The maximum absolute atomic E-state index is 13.8. The molecule has 0 aromatic heterocycles. The number of ketones is 1. The van der Waals surface area contributed by atoms with E-state index in [-0.39, 0.29) is 22.7 Å². The van der Waals surface area contributed by atoms with Crippen molar-refractivity contribution in [1.29, 1.82) is 5.26 Å². The zero-order chi connectivity index (χ0) is 14.0. The van der Waals surface area contributed by atoms with Crippen LogP contribution in [-0.4, -0.2) is 5.78 Å². The number of nitrogens with zero attached hydrogens (tertiary/aromatic N) is 1. The smallest absolute Gasteiger partial charge is 0.158 e. The molecule has 1 fully saturated rings. The average molecular weight is 259 g/mol. The third kappa shape index (κ3) is 2.53. The Labute approximate surface area is 113 Å². The number of carbonyl (C=O) groups is 1. The van der Waals surface area contributed by atoms with Crippen LogP contribution in [0.15, 0.2) is 24.3 Å². The van der Waals surface area contributed by atoms with E-state index in [2.05, 4.69) is 13.8 Å². The van der Waals surface area contributed by atoms with Crippen LogP contribution < -0.4 is 0 Å². The normalized spacial score (nSPS) is 22.7. The van der Waals surface area contributed by atoms with Crippen molar-refractivity contribution in [3.05, 3.63) is 35.6 Å². The Morgan fingerprint density at radius 2 is 2.16 bits per heavy atom. The van der Waals surface area contributed by atoms with E-state index in [1.807, 2.05) is 6.07 Å². The molecular weight excluding hydrogens is 241 g/mol. The minimum atomic E-state index is -0.983. The van der Waals surface area contributed by atoms with Crippen LogP contribution in [0.4, 0.5) is 4.39 Å². The second-order valence-corrected chi connectivity index (χ2v) is 5.92. The summed E-state index contributed by atoms with van der Waals surface area (Å²) in [5.74, 6) is -1.73. The topological polar surface area (TPSA) is 40.9 Å². The van der Waals surface area contributed by atoms with Crippen molar-refractivity contribution >= 4 is 5.78 Å². The van der Waals surface area contributed by atoms with Crippen molar-refractivity contribution in [2.75, 3.05) is 0 Å². The number of benzene rings is 1. The molecule has 0 bridgehead atoms. The second kappa shape index (κ2) is 5.13. The summed E-state index contributed by atoms with van der Waals surface area (Å²) in [7, 11) is 0. The molecule has 2 rings (SSSR count). The summed E-state index contributed by atoms with van der Waals surface area (Å²) in [5.41, 5.74) is 0.120. The third-order valence-corrected chi connectivity index (χ3v) is 4.23. The number of hydrogen-bond acceptors (Lipinski definition) is 2. The fourth-order valence-corrected chi connectivity index (χ4v) is 3.05. The molecule has 0 N–H and O–H groups in total. The number of halogens is 1. The molecule has 3 heteroatoms. The summed E-state index contributed by atoms with van der Waals surface area (Å²) in [6.45, 7) is 4.11. The molecule has 0 heterocycles. The van der Waals surface area contributed by atoms with Gasteiger partial charge in [-0.15, -0.1) is 0 Å². The van der Waals surface area contributed by atoms with Gasteiger partial charge in [0.25, 0.3) is 0 Å². The maximum atomic E-state index is 13.8. The van der Waals surface area contributed by atoms with Gasteiger partial charge in [-0.2, -0.15) is 5.26 Å². The monoisotopic (exact) mass is 259 g/mol. The highest BCUT2D eigenvalue weighted by Gasteiger charge is 2.42. The van der Waals surface area contributed by atoms with Crippen molar-refractivity contribution < 1.29 is 9.18 Å². The first-order valence-electron chi connectivity index (χ1n) is 6.65. The van der Waals surface area contributed by atoms with Crippen LogP contribution in [0.5, 0.6) is 0 Å². The molecule has 0 amide bonds. The average Bonchev–Trinajstić information content (AvgIpc) is 2.72. The van der Waals surface area contributed by atoms with E-state index in [1.165, 1.54) is 12.1 Å². The Bertz CT molecular complexity index is 530. The first kappa shape index (κ1) is 13.7. The highest BCUT2D eigenvalue weighted by atomic mass is 19.1. The molecule has 1 aliphatic rings. The Hall–Kier alpha value is -1.69. The Kier molecular flexibility index (Phi) is 3.71. The molecule has 1 saturated carbocycles. The lowest BCUT2D eigenvalue weighted by molar-refractivity contribution is -0.125. The van der Waals surface area contributed by atoms with Crippen LogP contribution in [0.3, 0.4) is 0 Å².